The number of rotatable bonds is 5. The van der Waals surface area contributed by atoms with Gasteiger partial charge in [-0.05, 0) is 26.0 Å². The zero-order valence-corrected chi connectivity index (χ0v) is 11.0. The third kappa shape index (κ3) is 3.40. The van der Waals surface area contributed by atoms with Crippen LogP contribution in [-0.2, 0) is 0 Å². The second-order valence-corrected chi connectivity index (χ2v) is 4.18. The first-order chi connectivity index (χ1) is 9.20. The van der Waals surface area contributed by atoms with Crippen LogP contribution in [0.2, 0.25) is 0 Å². The summed E-state index contributed by atoms with van der Waals surface area (Å²) in [6.45, 7) is 4.63. The molecule has 1 aromatic carbocycles. The largest absolute Gasteiger partial charge is 0.363 e. The van der Waals surface area contributed by atoms with Crippen LogP contribution in [0.5, 0.6) is 0 Å². The van der Waals surface area contributed by atoms with Gasteiger partial charge >= 0.3 is 0 Å². The first-order valence-corrected chi connectivity index (χ1v) is 6.28. The Morgan fingerprint density at radius 3 is 2.79 bits per heavy atom. The second-order valence-electron chi connectivity index (χ2n) is 4.18. The van der Waals surface area contributed by atoms with E-state index >= 15 is 0 Å². The van der Waals surface area contributed by atoms with E-state index in [1.807, 2.05) is 19.9 Å². The molecule has 2 rings (SSSR count). The fourth-order valence-electron chi connectivity index (χ4n) is 1.81. The number of nitrogens with one attached hydrogen (secondary N) is 2. The van der Waals surface area contributed by atoms with Gasteiger partial charge in [0, 0.05) is 18.3 Å². The van der Waals surface area contributed by atoms with Crippen LogP contribution in [0.25, 0.3) is 0 Å². The van der Waals surface area contributed by atoms with Gasteiger partial charge in [0.1, 0.15) is 11.6 Å². The molecule has 100 valence electrons. The smallest absolute Gasteiger partial charge is 0.224 e. The van der Waals surface area contributed by atoms with E-state index in [0.29, 0.717) is 17.3 Å². The van der Waals surface area contributed by atoms with E-state index in [2.05, 4.69) is 20.6 Å². The van der Waals surface area contributed by atoms with E-state index in [1.54, 1.807) is 24.4 Å². The van der Waals surface area contributed by atoms with E-state index < -0.39 is 0 Å². The van der Waals surface area contributed by atoms with E-state index in [9.17, 15) is 4.39 Å². The maximum Gasteiger partial charge on any atom is 0.224 e. The highest BCUT2D eigenvalue weighted by Gasteiger charge is 2.10. The number of anilines is 2. The van der Waals surface area contributed by atoms with Gasteiger partial charge in [-0.1, -0.05) is 18.2 Å². The van der Waals surface area contributed by atoms with E-state index in [-0.39, 0.29) is 11.9 Å². The first-order valence-electron chi connectivity index (χ1n) is 6.28. The van der Waals surface area contributed by atoms with E-state index in [0.717, 1.165) is 6.54 Å². The minimum Gasteiger partial charge on any atom is -0.363 e. The lowest BCUT2D eigenvalue weighted by Gasteiger charge is -2.16. The lowest BCUT2D eigenvalue weighted by molar-refractivity contribution is 0.600. The Hall–Kier alpha value is -2.17. The summed E-state index contributed by atoms with van der Waals surface area (Å²) in [7, 11) is 0. The van der Waals surface area contributed by atoms with Crippen LogP contribution < -0.4 is 10.6 Å². The van der Waals surface area contributed by atoms with Gasteiger partial charge in [0.25, 0.3) is 0 Å². The summed E-state index contributed by atoms with van der Waals surface area (Å²) in [6.07, 6.45) is 1.67. The summed E-state index contributed by atoms with van der Waals surface area (Å²) in [6, 6.07) is 8.32. The summed E-state index contributed by atoms with van der Waals surface area (Å²) >= 11 is 0. The molecule has 1 atom stereocenters. The SMILES string of the molecule is CCNc1nccc(NC(C)c2ccccc2F)n1. The van der Waals surface area contributed by atoms with Crippen molar-refractivity contribution in [1.29, 1.82) is 0 Å². The molecular weight excluding hydrogens is 243 g/mol. The van der Waals surface area contributed by atoms with E-state index in [1.165, 1.54) is 6.07 Å². The lowest BCUT2D eigenvalue weighted by Crippen LogP contribution is -2.11. The molecule has 5 heteroatoms. The van der Waals surface area contributed by atoms with E-state index in [4.69, 9.17) is 0 Å². The van der Waals surface area contributed by atoms with Gasteiger partial charge in [0.15, 0.2) is 0 Å². The molecule has 0 spiro atoms. The molecule has 0 aliphatic carbocycles. The topological polar surface area (TPSA) is 49.8 Å². The molecule has 1 heterocycles. The third-order valence-electron chi connectivity index (χ3n) is 2.73. The van der Waals surface area contributed by atoms with Gasteiger partial charge in [-0.25, -0.2) is 9.37 Å². The predicted octanol–water partition coefficient (Wildman–Crippen LogP) is 3.22. The summed E-state index contributed by atoms with van der Waals surface area (Å²) < 4.78 is 13.7. The molecule has 0 saturated heterocycles. The fraction of sp³-hybridized carbons (Fsp3) is 0.286. The second kappa shape index (κ2) is 6.13. The number of nitrogens with zero attached hydrogens (tertiary/aromatic N) is 2. The van der Waals surface area contributed by atoms with Crippen molar-refractivity contribution >= 4 is 11.8 Å². The number of hydrogen-bond donors (Lipinski definition) is 2. The van der Waals surface area contributed by atoms with Crippen LogP contribution in [0.1, 0.15) is 25.5 Å². The van der Waals surface area contributed by atoms with Crippen molar-refractivity contribution < 1.29 is 4.39 Å². The molecule has 0 aliphatic heterocycles. The summed E-state index contributed by atoms with van der Waals surface area (Å²) in [4.78, 5) is 8.39. The molecule has 0 aliphatic rings. The van der Waals surface area contributed by atoms with Crippen LogP contribution in [0, 0.1) is 5.82 Å². The van der Waals surface area contributed by atoms with Crippen LogP contribution in [0.15, 0.2) is 36.5 Å². The number of aromatic nitrogens is 2. The van der Waals surface area contributed by atoms with Gasteiger partial charge in [-0.2, -0.15) is 4.98 Å². The van der Waals surface area contributed by atoms with Crippen molar-refractivity contribution in [3.8, 4) is 0 Å². The standard InChI is InChI=1S/C14H17FN4/c1-3-16-14-17-9-8-13(19-14)18-10(2)11-6-4-5-7-12(11)15/h4-10H,3H2,1-2H3,(H2,16,17,18,19). The molecular formula is C14H17FN4. The number of benzene rings is 1. The molecule has 1 unspecified atom stereocenters. The molecule has 2 aromatic rings. The normalized spacial score (nSPS) is 11.9. The first kappa shape index (κ1) is 13.3. The predicted molar refractivity (Wildman–Crippen MR) is 74.6 cm³/mol. The molecule has 19 heavy (non-hydrogen) atoms. The molecule has 0 saturated carbocycles. The molecule has 0 radical (unpaired) electrons. The zero-order chi connectivity index (χ0) is 13.7. The Bertz CT molecular complexity index is 544. The van der Waals surface area contributed by atoms with Gasteiger partial charge in [0.05, 0.1) is 6.04 Å². The number of halogens is 1. The maximum absolute atomic E-state index is 13.7. The van der Waals surface area contributed by atoms with Crippen molar-refractivity contribution in [3.63, 3.8) is 0 Å². The monoisotopic (exact) mass is 260 g/mol. The van der Waals surface area contributed by atoms with Crippen LogP contribution in [0.3, 0.4) is 0 Å². The van der Waals surface area contributed by atoms with Crippen molar-refractivity contribution in [2.24, 2.45) is 0 Å². The molecule has 4 nitrogen and oxygen atoms in total. The molecule has 0 amide bonds. The fourth-order valence-corrected chi connectivity index (χ4v) is 1.81. The van der Waals surface area contributed by atoms with Crippen molar-refractivity contribution in [1.82, 2.24) is 9.97 Å². The molecule has 0 bridgehead atoms. The Labute approximate surface area is 112 Å². The average Bonchev–Trinajstić information content (AvgIpc) is 2.40. The highest BCUT2D eigenvalue weighted by molar-refractivity contribution is 5.42. The molecule has 1 aromatic heterocycles. The van der Waals surface area contributed by atoms with Crippen LogP contribution in [-0.4, -0.2) is 16.5 Å². The third-order valence-corrected chi connectivity index (χ3v) is 2.73. The van der Waals surface area contributed by atoms with Crippen LogP contribution >= 0.6 is 0 Å². The highest BCUT2D eigenvalue weighted by Crippen LogP contribution is 2.20. The lowest BCUT2D eigenvalue weighted by atomic mass is 10.1. The summed E-state index contributed by atoms with van der Waals surface area (Å²) in [5.74, 6) is 1.01. The average molecular weight is 260 g/mol. The highest BCUT2D eigenvalue weighted by atomic mass is 19.1. The Morgan fingerprint density at radius 1 is 1.26 bits per heavy atom. The van der Waals surface area contributed by atoms with Gasteiger partial charge in [-0.15, -0.1) is 0 Å². The van der Waals surface area contributed by atoms with Gasteiger partial charge < -0.3 is 10.6 Å². The Morgan fingerprint density at radius 2 is 2.05 bits per heavy atom. The maximum atomic E-state index is 13.7. The van der Waals surface area contributed by atoms with Crippen molar-refractivity contribution in [3.05, 3.63) is 47.9 Å². The summed E-state index contributed by atoms with van der Waals surface area (Å²) in [5, 5.41) is 6.20. The van der Waals surface area contributed by atoms with Crippen LogP contribution in [0.4, 0.5) is 16.2 Å². The summed E-state index contributed by atoms with van der Waals surface area (Å²) in [5.41, 5.74) is 0.617. The molecule has 2 N–H and O–H groups in total. The van der Waals surface area contributed by atoms with Gasteiger partial charge in [-0.3, -0.25) is 0 Å². The van der Waals surface area contributed by atoms with Gasteiger partial charge in [0.2, 0.25) is 5.95 Å². The Kier molecular flexibility index (Phi) is 4.28. The molecule has 0 fully saturated rings. The quantitative estimate of drug-likeness (QED) is 0.866. The minimum absolute atomic E-state index is 0.162. The Balaban J connectivity index is 2.12. The van der Waals surface area contributed by atoms with Crippen molar-refractivity contribution in [2.45, 2.75) is 19.9 Å². The zero-order valence-electron chi connectivity index (χ0n) is 11.0. The number of hydrogen-bond acceptors (Lipinski definition) is 4. The minimum atomic E-state index is -0.219. The van der Waals surface area contributed by atoms with Crippen molar-refractivity contribution in [2.75, 3.05) is 17.2 Å².